The van der Waals surface area contributed by atoms with Gasteiger partial charge in [-0.25, -0.2) is 0 Å². The van der Waals surface area contributed by atoms with Crippen LogP contribution in [-0.2, 0) is 0 Å². The molecule has 0 fully saturated rings. The van der Waals surface area contributed by atoms with E-state index in [4.69, 9.17) is 0 Å². The van der Waals surface area contributed by atoms with Crippen molar-refractivity contribution in [1.82, 2.24) is 10.2 Å². The molecule has 0 spiro atoms. The van der Waals surface area contributed by atoms with Gasteiger partial charge in [0, 0.05) is 12.1 Å². The van der Waals surface area contributed by atoms with Gasteiger partial charge in [-0.3, -0.25) is 10.2 Å². The largest absolute Gasteiger partial charge is 0.300 e. The molecule has 2 nitrogen and oxygen atoms in total. The van der Waals surface area contributed by atoms with Crippen LogP contribution in [0.25, 0.3) is 0 Å². The molecule has 0 bridgehead atoms. The average molecular weight is 158 g/mol. The lowest BCUT2D eigenvalue weighted by atomic mass is 10.3. The summed E-state index contributed by atoms with van der Waals surface area (Å²) in [4.78, 5) is 2.32. The maximum Gasteiger partial charge on any atom is 0.0569 e. The Morgan fingerprint density at radius 3 is 1.73 bits per heavy atom. The van der Waals surface area contributed by atoms with Crippen molar-refractivity contribution in [2.45, 2.75) is 52.9 Å². The smallest absolute Gasteiger partial charge is 0.0569 e. The molecule has 11 heavy (non-hydrogen) atoms. The van der Waals surface area contributed by atoms with E-state index in [-0.39, 0.29) is 0 Å². The van der Waals surface area contributed by atoms with Crippen molar-refractivity contribution >= 4 is 0 Å². The van der Waals surface area contributed by atoms with E-state index in [0.29, 0.717) is 18.2 Å². The van der Waals surface area contributed by atoms with Gasteiger partial charge in [0.15, 0.2) is 0 Å². The van der Waals surface area contributed by atoms with Gasteiger partial charge < -0.3 is 0 Å². The monoisotopic (exact) mass is 158 g/mol. The second-order valence-electron chi connectivity index (χ2n) is 3.76. The van der Waals surface area contributed by atoms with E-state index >= 15 is 0 Å². The first kappa shape index (κ1) is 10.9. The lowest BCUT2D eigenvalue weighted by molar-refractivity contribution is 0.169. The number of nitrogens with one attached hydrogen (secondary N) is 1. The Balaban J connectivity index is 3.73. The Labute approximate surface area is 71.0 Å². The van der Waals surface area contributed by atoms with Gasteiger partial charge in [-0.1, -0.05) is 0 Å². The molecule has 0 saturated carbocycles. The Morgan fingerprint density at radius 1 is 1.00 bits per heavy atom. The molecule has 0 aliphatic heterocycles. The van der Waals surface area contributed by atoms with Crippen molar-refractivity contribution in [2.75, 3.05) is 7.05 Å². The Morgan fingerprint density at radius 2 is 1.45 bits per heavy atom. The zero-order valence-corrected chi connectivity index (χ0v) is 8.68. The van der Waals surface area contributed by atoms with Crippen LogP contribution in [0.4, 0.5) is 0 Å². The van der Waals surface area contributed by atoms with Crippen LogP contribution in [0.1, 0.15) is 34.6 Å². The van der Waals surface area contributed by atoms with Crippen LogP contribution in [0.5, 0.6) is 0 Å². The fourth-order valence-electron chi connectivity index (χ4n) is 1.05. The third-order valence-corrected chi connectivity index (χ3v) is 2.00. The molecule has 1 N–H and O–H groups in total. The summed E-state index contributed by atoms with van der Waals surface area (Å²) in [6, 6.07) is 1.17. The third-order valence-electron chi connectivity index (χ3n) is 2.00. The summed E-state index contributed by atoms with van der Waals surface area (Å²) in [7, 11) is 2.14. The molecule has 1 atom stereocenters. The molecule has 0 aromatic rings. The van der Waals surface area contributed by atoms with Gasteiger partial charge in [0.25, 0.3) is 0 Å². The molecule has 0 heterocycles. The predicted octanol–water partition coefficient (Wildman–Crippen LogP) is 1.67. The molecule has 0 saturated heterocycles. The predicted molar refractivity (Wildman–Crippen MR) is 50.6 cm³/mol. The second-order valence-corrected chi connectivity index (χ2v) is 3.76. The standard InChI is InChI=1S/C9H22N2/c1-7(2)10-9(5)11(6)8(3)4/h7-10H,1-6H3. The normalized spacial score (nSPS) is 15.0. The van der Waals surface area contributed by atoms with Crippen molar-refractivity contribution in [2.24, 2.45) is 0 Å². The average Bonchev–Trinajstić information content (AvgIpc) is 1.84. The Kier molecular flexibility index (Phi) is 4.69. The van der Waals surface area contributed by atoms with Crippen LogP contribution in [0, 0.1) is 0 Å². The molecule has 68 valence electrons. The van der Waals surface area contributed by atoms with E-state index in [2.05, 4.69) is 51.9 Å². The molecule has 0 amide bonds. The van der Waals surface area contributed by atoms with Gasteiger partial charge in [0.2, 0.25) is 0 Å². The molecule has 0 radical (unpaired) electrons. The maximum absolute atomic E-state index is 3.45. The maximum atomic E-state index is 3.45. The third kappa shape index (κ3) is 4.38. The lowest BCUT2D eigenvalue weighted by Crippen LogP contribution is -2.47. The number of hydrogen-bond donors (Lipinski definition) is 1. The van der Waals surface area contributed by atoms with Crippen molar-refractivity contribution in [1.29, 1.82) is 0 Å². The molecular formula is C9H22N2. The van der Waals surface area contributed by atoms with Gasteiger partial charge >= 0.3 is 0 Å². The quantitative estimate of drug-likeness (QED) is 0.626. The summed E-state index contributed by atoms with van der Waals surface area (Å²) in [5, 5.41) is 3.45. The Bertz CT molecular complexity index is 99.7. The molecule has 1 unspecified atom stereocenters. The summed E-state index contributed by atoms with van der Waals surface area (Å²) in [6.45, 7) is 11.0. The fraction of sp³-hybridized carbons (Fsp3) is 1.00. The zero-order valence-electron chi connectivity index (χ0n) is 8.68. The molecular weight excluding hydrogens is 136 g/mol. The van der Waals surface area contributed by atoms with Crippen molar-refractivity contribution in [3.05, 3.63) is 0 Å². The SMILES string of the molecule is CC(C)NC(C)N(C)C(C)C. The van der Waals surface area contributed by atoms with Crippen molar-refractivity contribution in [3.8, 4) is 0 Å². The van der Waals surface area contributed by atoms with E-state index in [1.807, 2.05) is 0 Å². The molecule has 0 aromatic heterocycles. The molecule has 0 rings (SSSR count). The summed E-state index contributed by atoms with van der Waals surface area (Å²) < 4.78 is 0. The minimum absolute atomic E-state index is 0.468. The minimum Gasteiger partial charge on any atom is -0.300 e. The highest BCUT2D eigenvalue weighted by molar-refractivity contribution is 4.66. The fourth-order valence-corrected chi connectivity index (χ4v) is 1.05. The molecule has 0 aromatic carbocycles. The highest BCUT2D eigenvalue weighted by atomic mass is 15.3. The van der Waals surface area contributed by atoms with Crippen molar-refractivity contribution < 1.29 is 0 Å². The van der Waals surface area contributed by atoms with E-state index in [1.54, 1.807) is 0 Å². The van der Waals surface area contributed by atoms with Gasteiger partial charge in [0.05, 0.1) is 6.17 Å². The van der Waals surface area contributed by atoms with E-state index < -0.39 is 0 Å². The minimum atomic E-state index is 0.468. The lowest BCUT2D eigenvalue weighted by Gasteiger charge is -2.30. The second kappa shape index (κ2) is 4.73. The van der Waals surface area contributed by atoms with E-state index in [1.165, 1.54) is 0 Å². The van der Waals surface area contributed by atoms with Gasteiger partial charge in [-0.15, -0.1) is 0 Å². The van der Waals surface area contributed by atoms with Gasteiger partial charge in [-0.2, -0.15) is 0 Å². The van der Waals surface area contributed by atoms with Crippen LogP contribution < -0.4 is 5.32 Å². The zero-order chi connectivity index (χ0) is 9.02. The van der Waals surface area contributed by atoms with Gasteiger partial charge in [-0.05, 0) is 41.7 Å². The first-order valence-corrected chi connectivity index (χ1v) is 4.43. The molecule has 0 aliphatic carbocycles. The summed E-state index contributed by atoms with van der Waals surface area (Å²) >= 11 is 0. The number of nitrogens with zero attached hydrogens (tertiary/aromatic N) is 1. The van der Waals surface area contributed by atoms with Crippen LogP contribution in [-0.4, -0.2) is 30.2 Å². The van der Waals surface area contributed by atoms with Gasteiger partial charge in [0.1, 0.15) is 0 Å². The van der Waals surface area contributed by atoms with Crippen LogP contribution in [0.3, 0.4) is 0 Å². The van der Waals surface area contributed by atoms with Crippen LogP contribution >= 0.6 is 0 Å². The number of hydrogen-bond acceptors (Lipinski definition) is 2. The Hall–Kier alpha value is -0.0800. The molecule has 0 aliphatic rings. The van der Waals surface area contributed by atoms with E-state index in [9.17, 15) is 0 Å². The van der Waals surface area contributed by atoms with E-state index in [0.717, 1.165) is 0 Å². The van der Waals surface area contributed by atoms with Crippen LogP contribution in [0.2, 0.25) is 0 Å². The van der Waals surface area contributed by atoms with Crippen LogP contribution in [0.15, 0.2) is 0 Å². The molecule has 2 heteroatoms. The summed E-state index contributed by atoms with van der Waals surface area (Å²) in [5.74, 6) is 0. The summed E-state index contributed by atoms with van der Waals surface area (Å²) in [6.07, 6.45) is 0.468. The topological polar surface area (TPSA) is 15.3 Å². The first-order chi connectivity index (χ1) is 4.95. The highest BCUT2D eigenvalue weighted by Crippen LogP contribution is 1.99. The van der Waals surface area contributed by atoms with Crippen molar-refractivity contribution in [3.63, 3.8) is 0 Å². The highest BCUT2D eigenvalue weighted by Gasteiger charge is 2.11. The first-order valence-electron chi connectivity index (χ1n) is 4.43. The summed E-state index contributed by atoms with van der Waals surface area (Å²) in [5.41, 5.74) is 0. The number of rotatable bonds is 4.